The Morgan fingerprint density at radius 2 is 1.93 bits per heavy atom. The number of ether oxygens (including phenoxy) is 1. The Balaban J connectivity index is 1.44. The minimum Gasteiger partial charge on any atom is -0.492 e. The molecule has 0 atom stereocenters. The number of nitrogens with one attached hydrogen (secondary N) is 2. The number of furan rings is 1. The summed E-state index contributed by atoms with van der Waals surface area (Å²) >= 11 is 0.863. The van der Waals surface area contributed by atoms with E-state index in [1.807, 2.05) is 37.3 Å². The second-order valence-electron chi connectivity index (χ2n) is 6.09. The van der Waals surface area contributed by atoms with Crippen LogP contribution in [0.2, 0.25) is 0 Å². The lowest BCUT2D eigenvalue weighted by atomic mass is 10.2. The predicted octanol–water partition coefficient (Wildman–Crippen LogP) is 4.22. The molecule has 8 heteroatoms. The van der Waals surface area contributed by atoms with Crippen LogP contribution in [0.3, 0.4) is 0 Å². The van der Waals surface area contributed by atoms with Crippen molar-refractivity contribution in [2.45, 2.75) is 11.8 Å². The van der Waals surface area contributed by atoms with E-state index in [0.29, 0.717) is 29.6 Å². The van der Waals surface area contributed by atoms with Gasteiger partial charge >= 0.3 is 5.24 Å². The summed E-state index contributed by atoms with van der Waals surface area (Å²) in [5, 5.41) is 11.7. The van der Waals surface area contributed by atoms with Crippen LogP contribution < -0.4 is 15.5 Å². The largest absolute Gasteiger partial charge is 0.492 e. The van der Waals surface area contributed by atoms with Gasteiger partial charge in [0.25, 0.3) is 0 Å². The normalized spacial score (nSPS) is 11.3. The first-order chi connectivity index (χ1) is 14.0. The van der Waals surface area contributed by atoms with Crippen molar-refractivity contribution in [3.05, 3.63) is 66.4 Å². The first-order valence-electron chi connectivity index (χ1n) is 8.85. The summed E-state index contributed by atoms with van der Waals surface area (Å²) in [5.41, 5.74) is 3.07. The van der Waals surface area contributed by atoms with E-state index in [0.717, 1.165) is 28.3 Å². The van der Waals surface area contributed by atoms with Crippen molar-refractivity contribution in [1.82, 2.24) is 10.8 Å². The number of para-hydroxylation sites is 1. The quantitative estimate of drug-likeness (QED) is 0.177. The second kappa shape index (κ2) is 9.81. The van der Waals surface area contributed by atoms with Gasteiger partial charge in [0, 0.05) is 16.4 Å². The zero-order chi connectivity index (χ0) is 20.6. The highest BCUT2D eigenvalue weighted by atomic mass is 32.2. The van der Waals surface area contributed by atoms with Crippen molar-refractivity contribution in [2.75, 3.05) is 13.2 Å². The molecule has 1 heterocycles. The van der Waals surface area contributed by atoms with Crippen LogP contribution in [0.15, 0.2) is 70.0 Å². The van der Waals surface area contributed by atoms with Gasteiger partial charge in [-0.2, -0.15) is 0 Å². The Bertz CT molecular complexity index is 994. The van der Waals surface area contributed by atoms with Crippen molar-refractivity contribution in [3.63, 3.8) is 0 Å². The van der Waals surface area contributed by atoms with Crippen LogP contribution in [0.5, 0.6) is 5.75 Å². The van der Waals surface area contributed by atoms with Crippen LogP contribution in [-0.2, 0) is 4.79 Å². The number of rotatable bonds is 7. The van der Waals surface area contributed by atoms with E-state index < -0.39 is 5.24 Å². The Morgan fingerprint density at radius 1 is 1.17 bits per heavy atom. The molecule has 0 saturated carbocycles. The topological polar surface area (TPSA) is 101 Å². The molecule has 7 nitrogen and oxygen atoms in total. The van der Waals surface area contributed by atoms with Gasteiger partial charge in [-0.25, -0.2) is 5.48 Å². The number of carbonyl (C=O) groups is 2. The van der Waals surface area contributed by atoms with Gasteiger partial charge in [0.2, 0.25) is 5.91 Å². The van der Waals surface area contributed by atoms with Crippen LogP contribution in [0, 0.1) is 0 Å². The maximum atomic E-state index is 12.1. The minimum absolute atomic E-state index is 0.228. The van der Waals surface area contributed by atoms with Crippen LogP contribution in [-0.4, -0.2) is 29.5 Å². The average Bonchev–Trinajstić information content (AvgIpc) is 3.17. The molecule has 0 spiro atoms. The van der Waals surface area contributed by atoms with E-state index in [4.69, 9.17) is 14.4 Å². The zero-order valence-electron chi connectivity index (χ0n) is 15.7. The first kappa shape index (κ1) is 20.5. The molecule has 3 N–H and O–H groups in total. The second-order valence-corrected chi connectivity index (χ2v) is 7.13. The fourth-order valence-corrected chi connectivity index (χ4v) is 3.10. The molecule has 3 rings (SSSR count). The Labute approximate surface area is 171 Å². The van der Waals surface area contributed by atoms with Crippen LogP contribution >= 0.6 is 11.8 Å². The maximum absolute atomic E-state index is 12.1. The molecule has 0 saturated heterocycles. The van der Waals surface area contributed by atoms with Gasteiger partial charge in [-0.15, -0.1) is 0 Å². The molecule has 0 fully saturated rings. The lowest BCUT2D eigenvalue weighted by Crippen LogP contribution is -2.26. The molecule has 29 heavy (non-hydrogen) atoms. The summed E-state index contributed by atoms with van der Waals surface area (Å²) in [6, 6.07) is 16.4. The molecule has 0 bridgehead atoms. The maximum Gasteiger partial charge on any atom is 0.307 e. The third-order valence-electron chi connectivity index (χ3n) is 3.96. The highest BCUT2D eigenvalue weighted by Gasteiger charge is 2.07. The molecule has 150 valence electrons. The van der Waals surface area contributed by atoms with Crippen molar-refractivity contribution >= 4 is 39.5 Å². The molecule has 1 aromatic heterocycles. The van der Waals surface area contributed by atoms with Gasteiger partial charge in [-0.05, 0) is 60.7 Å². The molecule has 3 aromatic rings. The van der Waals surface area contributed by atoms with Gasteiger partial charge in [0.15, 0.2) is 0 Å². The number of carbonyl (C=O) groups excluding carboxylic acids is 2. The average molecular weight is 412 g/mol. The minimum atomic E-state index is -0.563. The van der Waals surface area contributed by atoms with Gasteiger partial charge in [0.05, 0.1) is 6.54 Å². The SMILES string of the molecule is C/C(=C/C(=O)NCCOc1ccc(SC(=O)NO)cc1)c1cc2ccccc2o1. The fraction of sp³-hybridized carbons (Fsp3) is 0.143. The van der Waals surface area contributed by atoms with E-state index >= 15 is 0 Å². The number of hydroxylamine groups is 1. The van der Waals surface area contributed by atoms with Crippen molar-refractivity contribution in [3.8, 4) is 5.75 Å². The Morgan fingerprint density at radius 3 is 2.66 bits per heavy atom. The lowest BCUT2D eigenvalue weighted by molar-refractivity contribution is -0.116. The number of amides is 2. The number of fused-ring (bicyclic) bond motifs is 1. The number of hydrogen-bond acceptors (Lipinski definition) is 6. The smallest absolute Gasteiger partial charge is 0.307 e. The van der Waals surface area contributed by atoms with E-state index in [2.05, 4.69) is 5.32 Å². The third kappa shape index (κ3) is 5.87. The number of benzene rings is 2. The zero-order valence-corrected chi connectivity index (χ0v) is 16.5. The molecular weight excluding hydrogens is 392 g/mol. The molecule has 2 amide bonds. The third-order valence-corrected chi connectivity index (χ3v) is 4.74. The Kier molecular flexibility index (Phi) is 6.94. The number of hydrogen-bond donors (Lipinski definition) is 3. The summed E-state index contributed by atoms with van der Waals surface area (Å²) in [7, 11) is 0. The molecule has 0 radical (unpaired) electrons. The first-order valence-corrected chi connectivity index (χ1v) is 9.66. The number of allylic oxidation sites excluding steroid dienone is 1. The summed E-state index contributed by atoms with van der Waals surface area (Å²) in [5.74, 6) is 1.04. The van der Waals surface area contributed by atoms with Crippen LogP contribution in [0.25, 0.3) is 16.5 Å². The van der Waals surface area contributed by atoms with Gasteiger partial charge < -0.3 is 14.5 Å². The van der Waals surface area contributed by atoms with Crippen molar-refractivity contribution in [2.24, 2.45) is 0 Å². The van der Waals surface area contributed by atoms with Gasteiger partial charge in [0.1, 0.15) is 23.7 Å². The summed E-state index contributed by atoms with van der Waals surface area (Å²) in [6.45, 7) is 2.46. The molecule has 0 aliphatic heterocycles. The van der Waals surface area contributed by atoms with Crippen LogP contribution in [0.1, 0.15) is 12.7 Å². The van der Waals surface area contributed by atoms with Crippen LogP contribution in [0.4, 0.5) is 4.79 Å². The lowest BCUT2D eigenvalue weighted by Gasteiger charge is -2.07. The summed E-state index contributed by atoms with van der Waals surface area (Å²) < 4.78 is 11.3. The van der Waals surface area contributed by atoms with Crippen molar-refractivity contribution < 1.29 is 24.0 Å². The van der Waals surface area contributed by atoms with Gasteiger partial charge in [-0.1, -0.05) is 18.2 Å². The molecule has 0 unspecified atom stereocenters. The Hall–Kier alpha value is -3.23. The molecule has 0 aliphatic rings. The predicted molar refractivity (Wildman–Crippen MR) is 111 cm³/mol. The van der Waals surface area contributed by atoms with E-state index in [9.17, 15) is 9.59 Å². The van der Waals surface area contributed by atoms with E-state index in [1.54, 1.807) is 29.7 Å². The standard InChI is InChI=1S/C21H20N2O5S/c1-14(19-13-15-4-2-3-5-18(15)28-19)12-20(24)22-10-11-27-16-6-8-17(9-7-16)29-21(25)23-26/h2-9,12-13,26H,10-11H2,1H3,(H,22,24)(H,23,25)/b14-12-. The summed E-state index contributed by atoms with van der Waals surface area (Å²) in [4.78, 5) is 23.8. The van der Waals surface area contributed by atoms with Crippen molar-refractivity contribution in [1.29, 1.82) is 0 Å². The number of thioether (sulfide) groups is 1. The molecular formula is C21H20N2O5S. The fourth-order valence-electron chi connectivity index (χ4n) is 2.57. The summed E-state index contributed by atoms with van der Waals surface area (Å²) in [6.07, 6.45) is 1.50. The highest BCUT2D eigenvalue weighted by molar-refractivity contribution is 8.13. The highest BCUT2D eigenvalue weighted by Crippen LogP contribution is 2.24. The van der Waals surface area contributed by atoms with E-state index in [-0.39, 0.29) is 5.91 Å². The molecule has 0 aliphatic carbocycles. The van der Waals surface area contributed by atoms with E-state index in [1.165, 1.54) is 6.08 Å². The monoisotopic (exact) mass is 412 g/mol. The van der Waals surface area contributed by atoms with Gasteiger partial charge in [-0.3, -0.25) is 14.8 Å². The molecule has 2 aromatic carbocycles.